The molecule has 11 heteroatoms. The van der Waals surface area contributed by atoms with Gasteiger partial charge >= 0.3 is 0 Å². The average Bonchev–Trinajstić information content (AvgIpc) is 2.69. The molecular weight excluding hydrogens is 429 g/mol. The van der Waals surface area contributed by atoms with Crippen molar-refractivity contribution in [3.8, 4) is 0 Å². The maximum absolute atomic E-state index is 13.3. The zero-order valence-electron chi connectivity index (χ0n) is 14.6. The van der Waals surface area contributed by atoms with Crippen LogP contribution in [0, 0.1) is 11.0 Å². The second kappa shape index (κ2) is 8.64. The van der Waals surface area contributed by atoms with E-state index in [9.17, 15) is 22.8 Å². The number of hydrogen-bond donors (Lipinski definition) is 0. The summed E-state index contributed by atoms with van der Waals surface area (Å²) < 4.78 is 40.6. The third-order valence-corrected chi connectivity index (χ3v) is 7.44. The molecule has 0 radical (unpaired) electrons. The molecule has 1 aromatic carbocycles. The molecule has 1 amide bonds. The monoisotopic (exact) mass is 445 g/mol. The number of pyridine rings is 1. The van der Waals surface area contributed by atoms with Gasteiger partial charge in [0.15, 0.2) is 6.20 Å². The summed E-state index contributed by atoms with van der Waals surface area (Å²) in [5, 5.41) is 11.8. The van der Waals surface area contributed by atoms with Crippen LogP contribution < -0.4 is 4.73 Å². The van der Waals surface area contributed by atoms with Crippen molar-refractivity contribution in [2.45, 2.75) is 9.92 Å². The van der Waals surface area contributed by atoms with E-state index in [1.165, 1.54) is 16.6 Å². The quantitative estimate of drug-likeness (QED) is 0.397. The second-order valence-electron chi connectivity index (χ2n) is 6.01. The minimum atomic E-state index is -3.82. The number of nitrogens with zero attached hydrogens (tertiary/aromatic N) is 3. The number of benzene rings is 1. The third kappa shape index (κ3) is 4.57. The van der Waals surface area contributed by atoms with Crippen molar-refractivity contribution in [1.29, 1.82) is 0 Å². The molecule has 7 nitrogen and oxygen atoms in total. The molecule has 2 heterocycles. The lowest BCUT2D eigenvalue weighted by Crippen LogP contribution is -2.51. The zero-order chi connectivity index (χ0) is 20.3. The van der Waals surface area contributed by atoms with E-state index in [1.807, 2.05) is 0 Å². The molecule has 0 bridgehead atoms. The summed E-state index contributed by atoms with van der Waals surface area (Å²) >= 11 is 6.81. The molecule has 1 aliphatic heterocycles. The Labute approximate surface area is 171 Å². The van der Waals surface area contributed by atoms with Gasteiger partial charge in [-0.15, -0.1) is 0 Å². The predicted octanol–water partition coefficient (Wildman–Crippen LogP) is 1.74. The summed E-state index contributed by atoms with van der Waals surface area (Å²) in [6.07, 6.45) is 1.36. The number of hydrogen-bond acceptors (Lipinski definition) is 5. The lowest BCUT2D eigenvalue weighted by Gasteiger charge is -2.34. The maximum Gasteiger partial charge on any atom is 0.251 e. The number of halogens is 2. The van der Waals surface area contributed by atoms with Gasteiger partial charge in [0, 0.05) is 38.3 Å². The first-order chi connectivity index (χ1) is 13.3. The molecule has 150 valence electrons. The largest absolute Gasteiger partial charge is 0.618 e. The van der Waals surface area contributed by atoms with Crippen molar-refractivity contribution in [3.05, 3.63) is 58.6 Å². The van der Waals surface area contributed by atoms with Crippen LogP contribution in [-0.4, -0.2) is 55.5 Å². The number of piperazine rings is 1. The molecule has 1 aromatic heterocycles. The number of carbonyl (C=O) groups is 1. The Morgan fingerprint density at radius 3 is 2.57 bits per heavy atom. The Morgan fingerprint density at radius 2 is 1.93 bits per heavy atom. The summed E-state index contributed by atoms with van der Waals surface area (Å²) in [6, 6.07) is 8.21. The summed E-state index contributed by atoms with van der Waals surface area (Å²) in [7, 11) is -3.82. The van der Waals surface area contributed by atoms with E-state index in [1.54, 1.807) is 23.1 Å². The van der Waals surface area contributed by atoms with Gasteiger partial charge in [-0.25, -0.2) is 12.8 Å². The molecule has 1 saturated heterocycles. The topological polar surface area (TPSA) is 84.6 Å². The van der Waals surface area contributed by atoms with E-state index in [2.05, 4.69) is 0 Å². The van der Waals surface area contributed by atoms with Crippen LogP contribution in [-0.2, 0) is 14.8 Å². The fraction of sp³-hybridized carbons (Fsp3) is 0.294. The van der Waals surface area contributed by atoms with E-state index in [0.29, 0.717) is 9.76 Å². The van der Waals surface area contributed by atoms with Gasteiger partial charge in [-0.1, -0.05) is 11.6 Å². The molecule has 28 heavy (non-hydrogen) atoms. The van der Waals surface area contributed by atoms with Crippen LogP contribution in [0.2, 0.25) is 5.02 Å². The molecule has 0 spiro atoms. The highest BCUT2D eigenvalue weighted by Crippen LogP contribution is 2.23. The molecular formula is C17H17ClFN3O4S2. The number of thioether (sulfide) groups is 1. The summed E-state index contributed by atoms with van der Waals surface area (Å²) in [4.78, 5) is 13.8. The summed E-state index contributed by atoms with van der Waals surface area (Å²) in [6.45, 7) is 0.723. The van der Waals surface area contributed by atoms with Gasteiger partial charge in [-0.05, 0) is 36.0 Å². The van der Waals surface area contributed by atoms with Crippen molar-refractivity contribution in [2.24, 2.45) is 0 Å². The van der Waals surface area contributed by atoms with Crippen LogP contribution in [0.1, 0.15) is 0 Å². The second-order valence-corrected chi connectivity index (χ2v) is 9.35. The van der Waals surface area contributed by atoms with Crippen LogP contribution >= 0.6 is 23.4 Å². The Morgan fingerprint density at radius 1 is 1.21 bits per heavy atom. The van der Waals surface area contributed by atoms with Crippen molar-refractivity contribution in [3.63, 3.8) is 0 Å². The number of carbonyl (C=O) groups excluding carboxylic acids is 1. The normalized spacial score (nSPS) is 15.6. The van der Waals surface area contributed by atoms with Gasteiger partial charge in [0.1, 0.15) is 5.82 Å². The highest BCUT2D eigenvalue weighted by Gasteiger charge is 2.30. The summed E-state index contributed by atoms with van der Waals surface area (Å²) in [5.41, 5.74) is 0. The first-order valence-corrected chi connectivity index (χ1v) is 11.1. The molecule has 0 saturated carbocycles. The molecule has 2 aromatic rings. The minimum Gasteiger partial charge on any atom is -0.618 e. The van der Waals surface area contributed by atoms with Crippen LogP contribution in [0.25, 0.3) is 0 Å². The van der Waals surface area contributed by atoms with Crippen LogP contribution in [0.15, 0.2) is 52.5 Å². The molecule has 0 atom stereocenters. The molecule has 1 aliphatic rings. The zero-order valence-corrected chi connectivity index (χ0v) is 17.0. The fourth-order valence-corrected chi connectivity index (χ4v) is 5.23. The Balaban J connectivity index is 1.58. The molecule has 0 N–H and O–H groups in total. The van der Waals surface area contributed by atoms with Crippen LogP contribution in [0.5, 0.6) is 0 Å². The minimum absolute atomic E-state index is 0.0849. The van der Waals surface area contributed by atoms with E-state index >= 15 is 0 Å². The first kappa shape index (κ1) is 20.8. The van der Waals surface area contributed by atoms with Gasteiger partial charge < -0.3 is 10.1 Å². The number of aromatic nitrogens is 1. The highest BCUT2D eigenvalue weighted by atomic mass is 35.5. The number of sulfonamides is 1. The molecule has 0 aliphatic carbocycles. The van der Waals surface area contributed by atoms with Gasteiger partial charge in [-0.2, -0.15) is 9.04 Å². The predicted molar refractivity (Wildman–Crippen MR) is 103 cm³/mol. The van der Waals surface area contributed by atoms with Gasteiger partial charge in [0.25, 0.3) is 5.03 Å². The van der Waals surface area contributed by atoms with Crippen molar-refractivity contribution >= 4 is 39.3 Å². The van der Waals surface area contributed by atoms with E-state index < -0.39 is 15.8 Å². The van der Waals surface area contributed by atoms with Crippen LogP contribution in [0.4, 0.5) is 4.39 Å². The third-order valence-electron chi connectivity index (χ3n) is 4.25. The van der Waals surface area contributed by atoms with Gasteiger partial charge in [0.05, 0.1) is 15.7 Å². The Kier molecular flexibility index (Phi) is 6.43. The maximum atomic E-state index is 13.3. The molecule has 1 fully saturated rings. The molecule has 3 rings (SSSR count). The van der Waals surface area contributed by atoms with Gasteiger partial charge in [0.2, 0.25) is 15.9 Å². The first-order valence-electron chi connectivity index (χ1n) is 8.33. The summed E-state index contributed by atoms with van der Waals surface area (Å²) in [5.74, 6) is -0.769. The fourth-order valence-electron chi connectivity index (χ4n) is 2.72. The lowest BCUT2D eigenvalue weighted by molar-refractivity contribution is -0.645. The molecule has 0 unspecified atom stereocenters. The Hall–Kier alpha value is -1.88. The van der Waals surface area contributed by atoms with E-state index in [-0.39, 0.29) is 47.8 Å². The lowest BCUT2D eigenvalue weighted by atomic mass is 10.3. The smallest absolute Gasteiger partial charge is 0.251 e. The van der Waals surface area contributed by atoms with Crippen molar-refractivity contribution in [1.82, 2.24) is 9.21 Å². The van der Waals surface area contributed by atoms with Crippen molar-refractivity contribution < 1.29 is 22.3 Å². The SMILES string of the molecule is O=C(CSc1cccc[n+]1[O-])N1CCN(S(=O)(=O)c2ccc(F)c(Cl)c2)CC1. The van der Waals surface area contributed by atoms with Crippen LogP contribution in [0.3, 0.4) is 0 Å². The standard InChI is InChI=1S/C17H17ClFN3O4S2/c18-14-11-13(4-5-15(14)19)28(25,26)21-9-7-20(8-10-21)16(23)12-27-17-3-1-2-6-22(17)24/h1-6,11H,7-10,12H2. The average molecular weight is 446 g/mol. The Bertz CT molecular complexity index is 982. The van der Waals surface area contributed by atoms with E-state index in [4.69, 9.17) is 11.6 Å². The number of amides is 1. The highest BCUT2D eigenvalue weighted by molar-refractivity contribution is 7.99. The van der Waals surface area contributed by atoms with Crippen molar-refractivity contribution in [2.75, 3.05) is 31.9 Å². The van der Waals surface area contributed by atoms with E-state index in [0.717, 1.165) is 23.9 Å². The van der Waals surface area contributed by atoms with Gasteiger partial charge in [-0.3, -0.25) is 4.79 Å². The number of rotatable bonds is 5.